The number of unbranched alkanes of at least 4 members (excludes halogenated alkanes) is 3. The van der Waals surface area contributed by atoms with Gasteiger partial charge in [0.05, 0.1) is 0 Å². The summed E-state index contributed by atoms with van der Waals surface area (Å²) in [5.41, 5.74) is 0. The number of carbonyl (C=O) groups is 1. The first-order valence-corrected chi connectivity index (χ1v) is 5.76. The molecule has 0 heterocycles. The molecular formula is C11H24N2O. The summed E-state index contributed by atoms with van der Waals surface area (Å²) in [6, 6.07) is 0. The highest BCUT2D eigenvalue weighted by Gasteiger charge is 2.08. The van der Waals surface area contributed by atoms with Gasteiger partial charge < -0.3 is 0 Å². The molecule has 3 nitrogen and oxygen atoms in total. The van der Waals surface area contributed by atoms with Crippen molar-refractivity contribution < 1.29 is 4.79 Å². The van der Waals surface area contributed by atoms with Crippen LogP contribution in [-0.4, -0.2) is 36.1 Å². The smallest absolute Gasteiger partial charge is 0.224 e. The fourth-order valence-electron chi connectivity index (χ4n) is 1.53. The van der Waals surface area contributed by atoms with Gasteiger partial charge in [0.1, 0.15) is 0 Å². The summed E-state index contributed by atoms with van der Waals surface area (Å²) in [7, 11) is 0. The number of carbonyl (C=O) groups excluding carboxylic acids is 1. The Balaban J connectivity index is 3.71. The van der Waals surface area contributed by atoms with Gasteiger partial charge >= 0.3 is 0 Å². The normalized spacial score (nSPS) is 10.6. The van der Waals surface area contributed by atoms with Crippen LogP contribution in [0.2, 0.25) is 0 Å². The predicted octanol–water partition coefficient (Wildman–Crippen LogP) is 2.28. The molecule has 84 valence electrons. The molecule has 0 aliphatic rings. The number of hydrazine groups is 1. The third-order valence-electron chi connectivity index (χ3n) is 2.44. The molecule has 3 heteroatoms. The van der Waals surface area contributed by atoms with Gasteiger partial charge in [0.25, 0.3) is 0 Å². The lowest BCUT2D eigenvalue weighted by Gasteiger charge is -2.29. The van der Waals surface area contributed by atoms with Crippen molar-refractivity contribution in [3.8, 4) is 0 Å². The monoisotopic (exact) mass is 200 g/mol. The number of amides is 1. The summed E-state index contributed by atoms with van der Waals surface area (Å²) in [5.74, 6) is 0. The van der Waals surface area contributed by atoms with Gasteiger partial charge in [-0.05, 0) is 13.3 Å². The van der Waals surface area contributed by atoms with Crippen molar-refractivity contribution in [2.75, 3.05) is 19.6 Å². The van der Waals surface area contributed by atoms with E-state index >= 15 is 0 Å². The molecule has 0 bridgehead atoms. The van der Waals surface area contributed by atoms with Gasteiger partial charge in [-0.3, -0.25) is 9.80 Å². The van der Waals surface area contributed by atoms with E-state index < -0.39 is 0 Å². The Kier molecular flexibility index (Phi) is 8.64. The molecule has 0 aromatic rings. The first-order valence-electron chi connectivity index (χ1n) is 5.76. The van der Waals surface area contributed by atoms with Gasteiger partial charge in [-0.25, -0.2) is 5.01 Å². The molecule has 0 N–H and O–H groups in total. The molecule has 0 spiro atoms. The van der Waals surface area contributed by atoms with Gasteiger partial charge in [0, 0.05) is 19.6 Å². The molecule has 0 unspecified atom stereocenters. The minimum atomic E-state index is 0.769. The maximum atomic E-state index is 10.7. The van der Waals surface area contributed by atoms with E-state index in [2.05, 4.69) is 18.9 Å². The number of hydrogen-bond donors (Lipinski definition) is 0. The van der Waals surface area contributed by atoms with Gasteiger partial charge in [-0.2, -0.15) is 0 Å². The lowest BCUT2D eigenvalue weighted by atomic mass is 10.2. The predicted molar refractivity (Wildman–Crippen MR) is 59.8 cm³/mol. The molecule has 0 aliphatic heterocycles. The Morgan fingerprint density at radius 3 is 2.14 bits per heavy atom. The largest absolute Gasteiger partial charge is 0.278 e. The highest BCUT2D eigenvalue weighted by molar-refractivity contribution is 5.45. The van der Waals surface area contributed by atoms with Crippen molar-refractivity contribution in [2.45, 2.75) is 46.5 Å². The topological polar surface area (TPSA) is 23.6 Å². The van der Waals surface area contributed by atoms with Crippen LogP contribution in [0.3, 0.4) is 0 Å². The molecule has 0 aliphatic carbocycles. The summed E-state index contributed by atoms with van der Waals surface area (Å²) in [6.07, 6.45) is 5.93. The van der Waals surface area contributed by atoms with E-state index in [0.717, 1.165) is 26.0 Å². The van der Waals surface area contributed by atoms with E-state index in [-0.39, 0.29) is 0 Å². The second-order valence-electron chi connectivity index (χ2n) is 3.47. The third kappa shape index (κ3) is 5.22. The molecule has 0 aromatic heterocycles. The van der Waals surface area contributed by atoms with Gasteiger partial charge in [-0.1, -0.05) is 33.1 Å². The molecule has 1 amide bonds. The van der Waals surface area contributed by atoms with E-state index in [1.807, 2.05) is 6.92 Å². The van der Waals surface area contributed by atoms with Gasteiger partial charge in [0.15, 0.2) is 0 Å². The van der Waals surface area contributed by atoms with Crippen LogP contribution in [0.25, 0.3) is 0 Å². The first-order chi connectivity index (χ1) is 6.79. The summed E-state index contributed by atoms with van der Waals surface area (Å²) in [6.45, 7) is 8.99. The second kappa shape index (κ2) is 9.00. The maximum absolute atomic E-state index is 10.7. The summed E-state index contributed by atoms with van der Waals surface area (Å²) in [5, 5.41) is 3.87. The first kappa shape index (κ1) is 13.4. The third-order valence-corrected chi connectivity index (χ3v) is 2.44. The van der Waals surface area contributed by atoms with Crippen LogP contribution < -0.4 is 0 Å². The van der Waals surface area contributed by atoms with E-state index in [1.165, 1.54) is 25.7 Å². The van der Waals surface area contributed by atoms with Crippen molar-refractivity contribution in [3.05, 3.63) is 0 Å². The van der Waals surface area contributed by atoms with Gasteiger partial charge in [0.2, 0.25) is 6.41 Å². The van der Waals surface area contributed by atoms with Crippen LogP contribution in [0.15, 0.2) is 0 Å². The van der Waals surface area contributed by atoms with Crippen LogP contribution in [0.4, 0.5) is 0 Å². The summed E-state index contributed by atoms with van der Waals surface area (Å²) >= 11 is 0. The van der Waals surface area contributed by atoms with E-state index in [4.69, 9.17) is 0 Å². The Morgan fingerprint density at radius 2 is 1.71 bits per heavy atom. The SMILES string of the molecule is CCCCCCN(CC)N(C=O)CC. The standard InChI is InChI=1S/C11H24N2O/c1-4-7-8-9-10-12(5-2)13(6-3)11-14/h11H,4-10H2,1-3H3. The van der Waals surface area contributed by atoms with Crippen molar-refractivity contribution >= 4 is 6.41 Å². The van der Waals surface area contributed by atoms with Crippen LogP contribution in [0.1, 0.15) is 46.5 Å². The molecule has 0 radical (unpaired) electrons. The summed E-state index contributed by atoms with van der Waals surface area (Å²) in [4.78, 5) is 10.7. The minimum Gasteiger partial charge on any atom is -0.278 e. The highest BCUT2D eigenvalue weighted by atomic mass is 16.1. The summed E-state index contributed by atoms with van der Waals surface area (Å²) < 4.78 is 0. The molecule has 0 aromatic carbocycles. The lowest BCUT2D eigenvalue weighted by molar-refractivity contribution is -0.133. The molecular weight excluding hydrogens is 176 g/mol. The van der Waals surface area contributed by atoms with E-state index in [1.54, 1.807) is 5.01 Å². The number of hydrogen-bond acceptors (Lipinski definition) is 2. The Labute approximate surface area is 88.0 Å². The Morgan fingerprint density at radius 1 is 1.00 bits per heavy atom. The maximum Gasteiger partial charge on any atom is 0.224 e. The zero-order valence-electron chi connectivity index (χ0n) is 9.83. The van der Waals surface area contributed by atoms with Crippen molar-refractivity contribution in [1.29, 1.82) is 0 Å². The van der Waals surface area contributed by atoms with E-state index in [9.17, 15) is 4.79 Å². The highest BCUT2D eigenvalue weighted by Crippen LogP contribution is 2.03. The average Bonchev–Trinajstić information content (AvgIpc) is 2.23. The molecule has 0 saturated heterocycles. The molecule has 0 fully saturated rings. The Hall–Kier alpha value is -0.570. The lowest BCUT2D eigenvalue weighted by Crippen LogP contribution is -2.42. The fourth-order valence-corrected chi connectivity index (χ4v) is 1.53. The quantitative estimate of drug-likeness (QED) is 0.324. The Bertz CT molecular complexity index is 139. The van der Waals surface area contributed by atoms with E-state index in [0.29, 0.717) is 0 Å². The molecule has 0 rings (SSSR count). The molecule has 14 heavy (non-hydrogen) atoms. The molecule has 0 atom stereocenters. The van der Waals surface area contributed by atoms with Crippen LogP contribution >= 0.6 is 0 Å². The molecule has 0 saturated carbocycles. The zero-order valence-corrected chi connectivity index (χ0v) is 9.83. The van der Waals surface area contributed by atoms with Crippen LogP contribution in [0.5, 0.6) is 0 Å². The van der Waals surface area contributed by atoms with Crippen LogP contribution in [-0.2, 0) is 4.79 Å². The number of nitrogens with zero attached hydrogens (tertiary/aromatic N) is 2. The zero-order chi connectivity index (χ0) is 10.8. The van der Waals surface area contributed by atoms with Crippen molar-refractivity contribution in [2.24, 2.45) is 0 Å². The average molecular weight is 200 g/mol. The second-order valence-corrected chi connectivity index (χ2v) is 3.47. The van der Waals surface area contributed by atoms with Crippen molar-refractivity contribution in [3.63, 3.8) is 0 Å². The van der Waals surface area contributed by atoms with Crippen molar-refractivity contribution in [1.82, 2.24) is 10.0 Å². The van der Waals surface area contributed by atoms with Gasteiger partial charge in [-0.15, -0.1) is 0 Å². The number of rotatable bonds is 9. The fraction of sp³-hybridized carbons (Fsp3) is 0.909. The minimum absolute atomic E-state index is 0.769. The van der Waals surface area contributed by atoms with Crippen LogP contribution in [0, 0.1) is 0 Å².